The third-order valence-corrected chi connectivity index (χ3v) is 2.85. The van der Waals surface area contributed by atoms with E-state index in [4.69, 9.17) is 9.15 Å². The van der Waals surface area contributed by atoms with E-state index in [0.717, 1.165) is 5.57 Å². The van der Waals surface area contributed by atoms with Crippen molar-refractivity contribution in [3.8, 4) is 5.75 Å². The zero-order chi connectivity index (χ0) is 16.1. The molecule has 1 aromatic heterocycles. The number of carbonyl (C=O) groups excluding carboxylic acids is 2. The maximum atomic E-state index is 12.1. The number of nitrogens with one attached hydrogen (secondary N) is 1. The first kappa shape index (κ1) is 15.6. The highest BCUT2D eigenvalue weighted by atomic mass is 16.5. The van der Waals surface area contributed by atoms with Gasteiger partial charge in [-0.25, -0.2) is 0 Å². The van der Waals surface area contributed by atoms with Crippen molar-refractivity contribution in [2.24, 2.45) is 0 Å². The summed E-state index contributed by atoms with van der Waals surface area (Å²) in [4.78, 5) is 23.6. The molecule has 5 heteroatoms. The zero-order valence-corrected chi connectivity index (χ0v) is 12.5. The van der Waals surface area contributed by atoms with Crippen molar-refractivity contribution in [3.05, 3.63) is 60.1 Å². The monoisotopic (exact) mass is 299 g/mol. The van der Waals surface area contributed by atoms with Gasteiger partial charge in [0.1, 0.15) is 12.4 Å². The molecular weight excluding hydrogens is 282 g/mol. The second-order valence-corrected chi connectivity index (χ2v) is 4.94. The standard InChI is InChI=1S/C17H17NO4/c1-11(2)10-22-15-7-6-13(12(3)19)9-14(15)18-17(20)16-5-4-8-21-16/h4-9H,1,10H2,2-3H3,(H,18,20). The molecule has 1 aromatic carbocycles. The number of benzene rings is 1. The van der Waals surface area contributed by atoms with Crippen LogP contribution in [0.15, 0.2) is 53.2 Å². The van der Waals surface area contributed by atoms with E-state index in [-0.39, 0.29) is 11.5 Å². The topological polar surface area (TPSA) is 68.5 Å². The van der Waals surface area contributed by atoms with E-state index < -0.39 is 5.91 Å². The van der Waals surface area contributed by atoms with E-state index in [1.165, 1.54) is 13.2 Å². The molecule has 0 saturated heterocycles. The van der Waals surface area contributed by atoms with Crippen molar-refractivity contribution in [2.45, 2.75) is 13.8 Å². The van der Waals surface area contributed by atoms with Gasteiger partial charge in [0.05, 0.1) is 12.0 Å². The van der Waals surface area contributed by atoms with Crippen LogP contribution in [0.1, 0.15) is 34.8 Å². The summed E-state index contributed by atoms with van der Waals surface area (Å²) >= 11 is 0. The van der Waals surface area contributed by atoms with Crippen molar-refractivity contribution in [1.29, 1.82) is 0 Å². The molecular formula is C17H17NO4. The summed E-state index contributed by atoms with van der Waals surface area (Å²) in [5.74, 6) is 0.137. The summed E-state index contributed by atoms with van der Waals surface area (Å²) in [6, 6.07) is 8.06. The average Bonchev–Trinajstić information content (AvgIpc) is 2.99. The van der Waals surface area contributed by atoms with Gasteiger partial charge in [0.2, 0.25) is 0 Å². The number of Topliss-reactive ketones (excluding diaryl/α,β-unsaturated/α-hetero) is 1. The summed E-state index contributed by atoms with van der Waals surface area (Å²) in [6.07, 6.45) is 1.42. The van der Waals surface area contributed by atoms with Crippen LogP contribution < -0.4 is 10.1 Å². The van der Waals surface area contributed by atoms with Crippen molar-refractivity contribution >= 4 is 17.4 Å². The van der Waals surface area contributed by atoms with E-state index in [0.29, 0.717) is 23.6 Å². The molecule has 0 saturated carbocycles. The van der Waals surface area contributed by atoms with Crippen LogP contribution in [-0.4, -0.2) is 18.3 Å². The molecule has 0 spiro atoms. The molecule has 0 aliphatic rings. The average molecular weight is 299 g/mol. The smallest absolute Gasteiger partial charge is 0.291 e. The van der Waals surface area contributed by atoms with Crippen LogP contribution in [0.5, 0.6) is 5.75 Å². The molecule has 0 atom stereocenters. The number of ether oxygens (including phenoxy) is 1. The number of hydrogen-bond donors (Lipinski definition) is 1. The number of ketones is 1. The lowest BCUT2D eigenvalue weighted by molar-refractivity contribution is 0.0991. The Morgan fingerprint density at radius 1 is 1.27 bits per heavy atom. The second kappa shape index (κ2) is 6.76. The van der Waals surface area contributed by atoms with Crippen molar-refractivity contribution < 1.29 is 18.7 Å². The fourth-order valence-corrected chi connectivity index (χ4v) is 1.77. The Morgan fingerprint density at radius 3 is 2.64 bits per heavy atom. The van der Waals surface area contributed by atoms with Gasteiger partial charge < -0.3 is 14.5 Å². The van der Waals surface area contributed by atoms with E-state index in [2.05, 4.69) is 11.9 Å². The molecule has 5 nitrogen and oxygen atoms in total. The van der Waals surface area contributed by atoms with Crippen LogP contribution in [0, 0.1) is 0 Å². The van der Waals surface area contributed by atoms with Gasteiger partial charge in [-0.1, -0.05) is 6.58 Å². The Hall–Kier alpha value is -2.82. The summed E-state index contributed by atoms with van der Waals surface area (Å²) < 4.78 is 10.6. The number of furan rings is 1. The first-order valence-electron chi connectivity index (χ1n) is 6.74. The largest absolute Gasteiger partial charge is 0.487 e. The van der Waals surface area contributed by atoms with Gasteiger partial charge >= 0.3 is 0 Å². The predicted octanol–water partition coefficient (Wildman–Crippen LogP) is 3.69. The zero-order valence-electron chi connectivity index (χ0n) is 12.5. The molecule has 0 unspecified atom stereocenters. The Bertz CT molecular complexity index is 701. The molecule has 0 bridgehead atoms. The molecule has 0 radical (unpaired) electrons. The Morgan fingerprint density at radius 2 is 2.05 bits per heavy atom. The first-order valence-corrected chi connectivity index (χ1v) is 6.74. The number of hydrogen-bond acceptors (Lipinski definition) is 4. The van der Waals surface area contributed by atoms with Gasteiger partial charge in [0.25, 0.3) is 5.91 Å². The SMILES string of the molecule is C=C(C)COc1ccc(C(C)=O)cc1NC(=O)c1ccco1. The quantitative estimate of drug-likeness (QED) is 0.652. The Labute approximate surface area is 128 Å². The highest BCUT2D eigenvalue weighted by Gasteiger charge is 2.14. The molecule has 114 valence electrons. The van der Waals surface area contributed by atoms with Crippen LogP contribution in [0.2, 0.25) is 0 Å². The fourth-order valence-electron chi connectivity index (χ4n) is 1.77. The second-order valence-electron chi connectivity index (χ2n) is 4.94. The van der Waals surface area contributed by atoms with Gasteiger partial charge in [-0.2, -0.15) is 0 Å². The van der Waals surface area contributed by atoms with Gasteiger partial charge in [0, 0.05) is 5.56 Å². The Balaban J connectivity index is 2.28. The number of amides is 1. The van der Waals surface area contributed by atoms with Gasteiger partial charge in [-0.05, 0) is 49.8 Å². The maximum Gasteiger partial charge on any atom is 0.291 e. The lowest BCUT2D eigenvalue weighted by atomic mass is 10.1. The van der Waals surface area contributed by atoms with Crippen molar-refractivity contribution in [1.82, 2.24) is 0 Å². The van der Waals surface area contributed by atoms with E-state index >= 15 is 0 Å². The molecule has 2 rings (SSSR count). The molecule has 0 aliphatic heterocycles. The summed E-state index contributed by atoms with van der Waals surface area (Å²) in [5.41, 5.74) is 1.74. The normalized spacial score (nSPS) is 10.1. The lowest BCUT2D eigenvalue weighted by Crippen LogP contribution is -2.13. The van der Waals surface area contributed by atoms with Crippen LogP contribution >= 0.6 is 0 Å². The van der Waals surface area contributed by atoms with E-state index in [1.54, 1.807) is 30.3 Å². The molecule has 1 heterocycles. The molecule has 22 heavy (non-hydrogen) atoms. The van der Waals surface area contributed by atoms with Crippen LogP contribution in [0.3, 0.4) is 0 Å². The Kier molecular flexibility index (Phi) is 4.78. The highest BCUT2D eigenvalue weighted by molar-refractivity contribution is 6.04. The summed E-state index contributed by atoms with van der Waals surface area (Å²) in [7, 11) is 0. The molecule has 0 fully saturated rings. The number of anilines is 1. The highest BCUT2D eigenvalue weighted by Crippen LogP contribution is 2.27. The predicted molar refractivity (Wildman–Crippen MR) is 83.4 cm³/mol. The van der Waals surface area contributed by atoms with Crippen molar-refractivity contribution in [2.75, 3.05) is 11.9 Å². The van der Waals surface area contributed by atoms with E-state index in [9.17, 15) is 9.59 Å². The van der Waals surface area contributed by atoms with Crippen molar-refractivity contribution in [3.63, 3.8) is 0 Å². The summed E-state index contributed by atoms with van der Waals surface area (Å²) in [5, 5.41) is 2.69. The van der Waals surface area contributed by atoms with Crippen LogP contribution in [0.4, 0.5) is 5.69 Å². The maximum absolute atomic E-state index is 12.1. The third kappa shape index (κ3) is 3.85. The third-order valence-electron chi connectivity index (χ3n) is 2.85. The van der Waals surface area contributed by atoms with Crippen LogP contribution in [-0.2, 0) is 0 Å². The number of carbonyl (C=O) groups is 2. The molecule has 1 amide bonds. The molecule has 1 N–H and O–H groups in total. The fraction of sp³-hybridized carbons (Fsp3) is 0.176. The minimum absolute atomic E-state index is 0.0973. The van der Waals surface area contributed by atoms with Gasteiger partial charge in [-0.15, -0.1) is 0 Å². The molecule has 0 aliphatic carbocycles. The lowest BCUT2D eigenvalue weighted by Gasteiger charge is -2.13. The van der Waals surface area contributed by atoms with Gasteiger partial charge in [-0.3, -0.25) is 9.59 Å². The van der Waals surface area contributed by atoms with Crippen LogP contribution in [0.25, 0.3) is 0 Å². The minimum Gasteiger partial charge on any atom is -0.487 e. The number of rotatable bonds is 6. The summed E-state index contributed by atoms with van der Waals surface area (Å²) in [6.45, 7) is 7.39. The van der Waals surface area contributed by atoms with Gasteiger partial charge in [0.15, 0.2) is 11.5 Å². The first-order chi connectivity index (χ1) is 10.5. The molecule has 2 aromatic rings. The van der Waals surface area contributed by atoms with E-state index in [1.807, 2.05) is 6.92 Å². The minimum atomic E-state index is -0.411.